The number of aryl methyl sites for hydroxylation is 1. The number of nitrogens with zero attached hydrogens (tertiary/aromatic N) is 3. The molecule has 1 atom stereocenters. The van der Waals surface area contributed by atoms with Gasteiger partial charge < -0.3 is 18.9 Å². The predicted molar refractivity (Wildman–Crippen MR) is 69.5 cm³/mol. The van der Waals surface area contributed by atoms with Crippen LogP contribution in [0.4, 0.5) is 0 Å². The zero-order valence-corrected chi connectivity index (χ0v) is 11.5. The highest BCUT2D eigenvalue weighted by atomic mass is 16.5. The van der Waals surface area contributed by atoms with Crippen LogP contribution in [0.25, 0.3) is 0 Å². The van der Waals surface area contributed by atoms with Gasteiger partial charge in [-0.3, -0.25) is 4.79 Å². The second-order valence-electron chi connectivity index (χ2n) is 4.85. The number of rotatable bonds is 6. The van der Waals surface area contributed by atoms with E-state index in [2.05, 4.69) is 4.98 Å². The maximum absolute atomic E-state index is 11.9. The van der Waals surface area contributed by atoms with Crippen LogP contribution < -0.4 is 0 Å². The molecule has 6 nitrogen and oxygen atoms in total. The van der Waals surface area contributed by atoms with Gasteiger partial charge in [-0.1, -0.05) is 0 Å². The molecule has 106 valence electrons. The molecule has 0 saturated carbocycles. The van der Waals surface area contributed by atoms with Crippen molar-refractivity contribution in [3.8, 4) is 0 Å². The third kappa shape index (κ3) is 4.04. The van der Waals surface area contributed by atoms with Crippen LogP contribution >= 0.6 is 0 Å². The van der Waals surface area contributed by atoms with Crippen molar-refractivity contribution in [2.45, 2.75) is 25.5 Å². The van der Waals surface area contributed by atoms with Gasteiger partial charge in [-0.15, -0.1) is 0 Å². The van der Waals surface area contributed by atoms with Gasteiger partial charge in [0.05, 0.1) is 19.3 Å². The fourth-order valence-electron chi connectivity index (χ4n) is 2.01. The van der Waals surface area contributed by atoms with E-state index in [0.717, 1.165) is 25.3 Å². The normalized spacial score (nSPS) is 18.7. The lowest BCUT2D eigenvalue weighted by atomic mass is 10.2. The Labute approximate surface area is 113 Å². The zero-order chi connectivity index (χ0) is 13.7. The molecule has 1 amide bonds. The largest absolute Gasteiger partial charge is 0.376 e. The highest BCUT2D eigenvalue weighted by Gasteiger charge is 2.17. The van der Waals surface area contributed by atoms with E-state index in [-0.39, 0.29) is 18.6 Å². The van der Waals surface area contributed by atoms with Crippen LogP contribution in [0.15, 0.2) is 12.4 Å². The van der Waals surface area contributed by atoms with Gasteiger partial charge in [0.25, 0.3) is 0 Å². The van der Waals surface area contributed by atoms with E-state index in [0.29, 0.717) is 13.2 Å². The standard InChI is InChI=1S/C13H21N3O3/c1-15-6-5-14-12(15)8-16(2)13(17)10-18-9-11-4-3-7-19-11/h5-6,11H,3-4,7-10H2,1-2H3. The summed E-state index contributed by atoms with van der Waals surface area (Å²) in [5.41, 5.74) is 0. The molecule has 6 heteroatoms. The lowest BCUT2D eigenvalue weighted by Gasteiger charge is -2.17. The molecule has 0 radical (unpaired) electrons. The first-order chi connectivity index (χ1) is 9.16. The second kappa shape index (κ2) is 6.68. The molecule has 1 fully saturated rings. The first-order valence-corrected chi connectivity index (χ1v) is 6.56. The second-order valence-corrected chi connectivity index (χ2v) is 4.85. The van der Waals surface area contributed by atoms with E-state index in [1.807, 2.05) is 17.8 Å². The predicted octanol–water partition coefficient (Wildman–Crippen LogP) is 0.574. The summed E-state index contributed by atoms with van der Waals surface area (Å²) >= 11 is 0. The maximum atomic E-state index is 11.9. The van der Waals surface area contributed by atoms with Gasteiger partial charge in [0.2, 0.25) is 5.91 Å². The average Bonchev–Trinajstić information content (AvgIpc) is 3.02. The number of carbonyl (C=O) groups is 1. The lowest BCUT2D eigenvalue weighted by molar-refractivity contribution is -0.136. The molecule has 0 spiro atoms. The molecular formula is C13H21N3O3. The molecule has 2 rings (SSSR count). The van der Waals surface area contributed by atoms with Crippen LogP contribution in [0.1, 0.15) is 18.7 Å². The fourth-order valence-corrected chi connectivity index (χ4v) is 2.01. The van der Waals surface area contributed by atoms with Crippen molar-refractivity contribution in [3.63, 3.8) is 0 Å². The molecule has 0 bridgehead atoms. The Hall–Kier alpha value is -1.40. The monoisotopic (exact) mass is 267 g/mol. The molecular weight excluding hydrogens is 246 g/mol. The third-order valence-corrected chi connectivity index (χ3v) is 3.28. The van der Waals surface area contributed by atoms with Crippen LogP contribution in [-0.4, -0.2) is 53.3 Å². The Balaban J connectivity index is 1.68. The van der Waals surface area contributed by atoms with Gasteiger partial charge in [-0.05, 0) is 12.8 Å². The number of ether oxygens (including phenoxy) is 2. The van der Waals surface area contributed by atoms with Crippen molar-refractivity contribution in [3.05, 3.63) is 18.2 Å². The molecule has 2 heterocycles. The summed E-state index contributed by atoms with van der Waals surface area (Å²) in [6, 6.07) is 0. The zero-order valence-electron chi connectivity index (χ0n) is 11.5. The van der Waals surface area contributed by atoms with Crippen molar-refractivity contribution in [2.24, 2.45) is 7.05 Å². The van der Waals surface area contributed by atoms with E-state index in [1.165, 1.54) is 0 Å². The first kappa shape index (κ1) is 14.0. The number of amides is 1. The van der Waals surface area contributed by atoms with Crippen LogP contribution in [-0.2, 0) is 27.9 Å². The number of likely N-dealkylation sites (N-methyl/N-ethyl adjacent to an activating group) is 1. The third-order valence-electron chi connectivity index (χ3n) is 3.28. The van der Waals surface area contributed by atoms with Gasteiger partial charge in [0, 0.05) is 33.1 Å². The average molecular weight is 267 g/mol. The number of aromatic nitrogens is 2. The minimum atomic E-state index is -0.0407. The summed E-state index contributed by atoms with van der Waals surface area (Å²) in [6.45, 7) is 1.90. The van der Waals surface area contributed by atoms with Gasteiger partial charge in [0.15, 0.2) is 0 Å². The fraction of sp³-hybridized carbons (Fsp3) is 0.692. The van der Waals surface area contributed by atoms with Gasteiger partial charge >= 0.3 is 0 Å². The molecule has 1 aromatic heterocycles. The SMILES string of the molecule is CN(Cc1nccn1C)C(=O)COCC1CCCO1. The quantitative estimate of drug-likeness (QED) is 0.756. The van der Waals surface area contributed by atoms with E-state index >= 15 is 0 Å². The highest BCUT2D eigenvalue weighted by Crippen LogP contribution is 2.11. The minimum Gasteiger partial charge on any atom is -0.376 e. The highest BCUT2D eigenvalue weighted by molar-refractivity contribution is 5.77. The van der Waals surface area contributed by atoms with Crippen molar-refractivity contribution in [2.75, 3.05) is 26.9 Å². The molecule has 0 N–H and O–H groups in total. The van der Waals surface area contributed by atoms with Crippen LogP contribution in [0.2, 0.25) is 0 Å². The molecule has 1 saturated heterocycles. The van der Waals surface area contributed by atoms with Crippen molar-refractivity contribution >= 4 is 5.91 Å². The van der Waals surface area contributed by atoms with Crippen LogP contribution in [0, 0.1) is 0 Å². The summed E-state index contributed by atoms with van der Waals surface area (Å²) in [4.78, 5) is 17.7. The van der Waals surface area contributed by atoms with Crippen molar-refractivity contribution in [1.29, 1.82) is 0 Å². The van der Waals surface area contributed by atoms with E-state index in [1.54, 1.807) is 18.1 Å². The minimum absolute atomic E-state index is 0.0407. The van der Waals surface area contributed by atoms with Gasteiger partial charge in [-0.2, -0.15) is 0 Å². The van der Waals surface area contributed by atoms with E-state index in [4.69, 9.17) is 9.47 Å². The Morgan fingerprint density at radius 2 is 2.53 bits per heavy atom. The molecule has 0 aliphatic carbocycles. The number of hydrogen-bond donors (Lipinski definition) is 0. The maximum Gasteiger partial charge on any atom is 0.248 e. The summed E-state index contributed by atoms with van der Waals surface area (Å²) in [7, 11) is 3.67. The number of hydrogen-bond acceptors (Lipinski definition) is 4. The summed E-state index contributed by atoms with van der Waals surface area (Å²) in [5, 5.41) is 0. The smallest absolute Gasteiger partial charge is 0.248 e. The molecule has 1 aliphatic rings. The topological polar surface area (TPSA) is 56.6 Å². The molecule has 1 aromatic rings. The number of carbonyl (C=O) groups excluding carboxylic acids is 1. The van der Waals surface area contributed by atoms with Crippen molar-refractivity contribution < 1.29 is 14.3 Å². The summed E-state index contributed by atoms with van der Waals surface area (Å²) in [6.07, 6.45) is 5.86. The molecule has 19 heavy (non-hydrogen) atoms. The van der Waals surface area contributed by atoms with E-state index < -0.39 is 0 Å². The lowest BCUT2D eigenvalue weighted by Crippen LogP contribution is -2.31. The number of imidazole rings is 1. The molecule has 0 aromatic carbocycles. The van der Waals surface area contributed by atoms with Crippen LogP contribution in [0.3, 0.4) is 0 Å². The summed E-state index contributed by atoms with van der Waals surface area (Å²) < 4.78 is 12.7. The molecule has 1 unspecified atom stereocenters. The Bertz CT molecular complexity index is 413. The van der Waals surface area contributed by atoms with E-state index in [9.17, 15) is 4.79 Å². The van der Waals surface area contributed by atoms with Crippen LogP contribution in [0.5, 0.6) is 0 Å². The first-order valence-electron chi connectivity index (χ1n) is 6.56. The van der Waals surface area contributed by atoms with Crippen molar-refractivity contribution in [1.82, 2.24) is 14.5 Å². The van der Waals surface area contributed by atoms with Gasteiger partial charge in [-0.25, -0.2) is 4.98 Å². The summed E-state index contributed by atoms with van der Waals surface area (Å²) in [5.74, 6) is 0.816. The molecule has 1 aliphatic heterocycles. The Morgan fingerprint density at radius 3 is 3.16 bits per heavy atom. The Morgan fingerprint density at radius 1 is 1.68 bits per heavy atom. The Kier molecular flexibility index (Phi) is 4.93. The van der Waals surface area contributed by atoms with Gasteiger partial charge in [0.1, 0.15) is 12.4 Å².